The van der Waals surface area contributed by atoms with Gasteiger partial charge in [0.05, 0.1) is 18.0 Å². The summed E-state index contributed by atoms with van der Waals surface area (Å²) in [4.78, 5) is 3.20. The Balaban J connectivity index is 3.09. The highest BCUT2D eigenvalue weighted by Crippen LogP contribution is 2.38. The van der Waals surface area contributed by atoms with Gasteiger partial charge in [0.2, 0.25) is 0 Å². The highest BCUT2D eigenvalue weighted by molar-refractivity contribution is 5.29. The molecule has 120 valence electrons. The van der Waals surface area contributed by atoms with E-state index in [2.05, 4.69) is 10.0 Å². The second kappa shape index (κ2) is 6.00. The van der Waals surface area contributed by atoms with Crippen LogP contribution in [0.25, 0.3) is 4.85 Å². The third-order valence-electron chi connectivity index (χ3n) is 3.61. The Bertz CT molecular complexity index is 585. The summed E-state index contributed by atoms with van der Waals surface area (Å²) in [5.74, 6) is -0.223. The molecule has 1 rings (SSSR count). The first kappa shape index (κ1) is 18.0. The number of halogens is 3. The van der Waals surface area contributed by atoms with E-state index >= 15 is 0 Å². The molecule has 0 aliphatic carbocycles. The molecule has 2 unspecified atom stereocenters. The zero-order valence-corrected chi connectivity index (χ0v) is 13.0. The van der Waals surface area contributed by atoms with Crippen molar-refractivity contribution in [3.05, 3.63) is 28.9 Å². The molecule has 4 nitrogen and oxygen atoms in total. The maximum atomic E-state index is 12.4. The molecule has 7 heteroatoms. The van der Waals surface area contributed by atoms with E-state index in [1.807, 2.05) is 20.8 Å². The van der Waals surface area contributed by atoms with Crippen molar-refractivity contribution in [2.45, 2.75) is 63.6 Å². The fraction of sp³-hybridized carbons (Fsp3) is 0.667. The summed E-state index contributed by atoms with van der Waals surface area (Å²) >= 11 is 0. The first-order chi connectivity index (χ1) is 9.95. The number of aromatic nitrogens is 1. The maximum Gasteiger partial charge on any atom is 0.389 e. The van der Waals surface area contributed by atoms with Gasteiger partial charge in [-0.05, 0) is 6.92 Å². The maximum absolute atomic E-state index is 12.4. The van der Waals surface area contributed by atoms with Gasteiger partial charge in [-0.15, -0.1) is 0 Å². The molecule has 0 saturated heterocycles. The summed E-state index contributed by atoms with van der Waals surface area (Å²) in [7, 11) is 0. The molecule has 0 aliphatic heterocycles. The summed E-state index contributed by atoms with van der Waals surface area (Å²) in [6.07, 6.45) is -6.18. The van der Waals surface area contributed by atoms with Crippen LogP contribution < -0.4 is 0 Å². The minimum Gasteiger partial charge on any atom is -0.361 e. The Morgan fingerprint density at radius 3 is 2.32 bits per heavy atom. The van der Waals surface area contributed by atoms with Crippen molar-refractivity contribution in [1.29, 1.82) is 5.26 Å². The summed E-state index contributed by atoms with van der Waals surface area (Å²) in [5.41, 5.74) is -1.80. The molecule has 0 amide bonds. The van der Waals surface area contributed by atoms with E-state index in [4.69, 9.17) is 11.1 Å². The second-order valence-corrected chi connectivity index (χ2v) is 6.35. The van der Waals surface area contributed by atoms with Gasteiger partial charge < -0.3 is 4.52 Å². The molecule has 1 heterocycles. The van der Waals surface area contributed by atoms with Crippen molar-refractivity contribution in [1.82, 2.24) is 5.16 Å². The second-order valence-electron chi connectivity index (χ2n) is 6.35. The minimum atomic E-state index is -4.41. The van der Waals surface area contributed by atoms with E-state index < -0.39 is 30.5 Å². The standard InChI is InChI=1S/C15H18F3N3O/c1-10(11-8-12(22-21-11)13(2,3)4)14(9-19,20-5)6-7-15(16,17)18/h8,10H,6-7H2,1-4H3. The van der Waals surface area contributed by atoms with Crippen molar-refractivity contribution in [2.75, 3.05) is 0 Å². The van der Waals surface area contributed by atoms with Crippen molar-refractivity contribution in [3.8, 4) is 6.07 Å². The van der Waals surface area contributed by atoms with Crippen LogP contribution in [0.5, 0.6) is 0 Å². The summed E-state index contributed by atoms with van der Waals surface area (Å²) in [6, 6.07) is 3.35. The first-order valence-electron chi connectivity index (χ1n) is 6.79. The summed E-state index contributed by atoms with van der Waals surface area (Å²) in [6.45, 7) is 14.4. The van der Waals surface area contributed by atoms with E-state index in [9.17, 15) is 18.4 Å². The monoisotopic (exact) mass is 313 g/mol. The molecule has 0 spiro atoms. The number of nitriles is 1. The molecule has 0 N–H and O–H groups in total. The minimum absolute atomic E-state index is 0.315. The van der Waals surface area contributed by atoms with Crippen LogP contribution in [-0.4, -0.2) is 16.9 Å². The third-order valence-corrected chi connectivity index (χ3v) is 3.61. The van der Waals surface area contributed by atoms with Gasteiger partial charge in [0.1, 0.15) is 5.76 Å². The van der Waals surface area contributed by atoms with Gasteiger partial charge in [0, 0.05) is 17.9 Å². The van der Waals surface area contributed by atoms with Gasteiger partial charge in [0.25, 0.3) is 0 Å². The topological polar surface area (TPSA) is 54.2 Å². The van der Waals surface area contributed by atoms with Crippen molar-refractivity contribution < 1.29 is 17.7 Å². The van der Waals surface area contributed by atoms with Gasteiger partial charge in [0.15, 0.2) is 6.07 Å². The van der Waals surface area contributed by atoms with E-state index in [1.54, 1.807) is 12.1 Å². The smallest absolute Gasteiger partial charge is 0.361 e. The van der Waals surface area contributed by atoms with E-state index in [1.165, 1.54) is 6.92 Å². The Hall–Kier alpha value is -2.02. The van der Waals surface area contributed by atoms with Crippen LogP contribution in [0.1, 0.15) is 57.9 Å². The lowest BCUT2D eigenvalue weighted by atomic mass is 9.80. The Kier molecular flexibility index (Phi) is 4.92. The number of rotatable bonds is 4. The first-order valence-corrected chi connectivity index (χ1v) is 6.79. The lowest BCUT2D eigenvalue weighted by Gasteiger charge is -2.20. The van der Waals surface area contributed by atoms with Gasteiger partial charge >= 0.3 is 11.7 Å². The van der Waals surface area contributed by atoms with Gasteiger partial charge in [-0.1, -0.05) is 25.9 Å². The van der Waals surface area contributed by atoms with Crippen molar-refractivity contribution in [3.63, 3.8) is 0 Å². The molecule has 0 bridgehead atoms. The molecule has 22 heavy (non-hydrogen) atoms. The van der Waals surface area contributed by atoms with Crippen LogP contribution in [0.4, 0.5) is 13.2 Å². The predicted octanol–water partition coefficient (Wildman–Crippen LogP) is 4.60. The van der Waals surface area contributed by atoms with Crippen molar-refractivity contribution >= 4 is 0 Å². The molecule has 0 aromatic carbocycles. The zero-order valence-electron chi connectivity index (χ0n) is 13.0. The lowest BCUT2D eigenvalue weighted by molar-refractivity contribution is -0.137. The lowest BCUT2D eigenvalue weighted by Crippen LogP contribution is -2.31. The van der Waals surface area contributed by atoms with Gasteiger partial charge in [-0.2, -0.15) is 18.4 Å². The largest absolute Gasteiger partial charge is 0.389 e. The molecular formula is C15H18F3N3O. The van der Waals surface area contributed by atoms with Crippen LogP contribution in [-0.2, 0) is 5.41 Å². The predicted molar refractivity (Wildman–Crippen MR) is 73.9 cm³/mol. The van der Waals surface area contributed by atoms with Crippen LogP contribution >= 0.6 is 0 Å². The van der Waals surface area contributed by atoms with Crippen LogP contribution in [0.3, 0.4) is 0 Å². The fourth-order valence-corrected chi connectivity index (χ4v) is 1.97. The molecule has 0 radical (unpaired) electrons. The average Bonchev–Trinajstić information content (AvgIpc) is 2.88. The average molecular weight is 313 g/mol. The highest BCUT2D eigenvalue weighted by atomic mass is 19.4. The normalized spacial score (nSPS) is 16.4. The van der Waals surface area contributed by atoms with Crippen LogP contribution in [0.15, 0.2) is 10.6 Å². The fourth-order valence-electron chi connectivity index (χ4n) is 1.97. The zero-order chi connectivity index (χ0) is 17.2. The molecule has 2 atom stereocenters. The number of alkyl halides is 3. The van der Waals surface area contributed by atoms with E-state index in [0.717, 1.165) is 0 Å². The SMILES string of the molecule is [C-]#[N+]C(C#N)(CCC(F)(F)F)C(C)c1cc(C(C)(C)C)on1. The van der Waals surface area contributed by atoms with Gasteiger partial charge in [-0.25, -0.2) is 6.57 Å². The van der Waals surface area contributed by atoms with Gasteiger partial charge in [-0.3, -0.25) is 4.85 Å². The molecule has 1 aromatic rings. The number of nitrogens with zero attached hydrogens (tertiary/aromatic N) is 3. The number of hydrogen-bond donors (Lipinski definition) is 0. The van der Waals surface area contributed by atoms with Crippen LogP contribution in [0.2, 0.25) is 0 Å². The molecule has 0 fully saturated rings. The Labute approximate surface area is 127 Å². The quantitative estimate of drug-likeness (QED) is 0.763. The Morgan fingerprint density at radius 2 is 1.95 bits per heavy atom. The van der Waals surface area contributed by atoms with Crippen LogP contribution in [0, 0.1) is 17.9 Å². The molecular weight excluding hydrogens is 295 g/mol. The third kappa shape index (κ3) is 4.00. The van der Waals surface area contributed by atoms with E-state index in [-0.39, 0.29) is 5.41 Å². The number of hydrogen-bond acceptors (Lipinski definition) is 3. The molecule has 0 saturated carbocycles. The Morgan fingerprint density at radius 1 is 1.36 bits per heavy atom. The summed E-state index contributed by atoms with van der Waals surface area (Å²) in [5, 5.41) is 13.1. The summed E-state index contributed by atoms with van der Waals surface area (Å²) < 4.78 is 42.5. The molecule has 0 aliphatic rings. The highest BCUT2D eigenvalue weighted by Gasteiger charge is 2.48. The van der Waals surface area contributed by atoms with E-state index in [0.29, 0.717) is 11.5 Å². The van der Waals surface area contributed by atoms with Crippen molar-refractivity contribution in [2.24, 2.45) is 0 Å². The molecule has 1 aromatic heterocycles.